The minimum atomic E-state index is -0.128. The summed E-state index contributed by atoms with van der Waals surface area (Å²) in [6.45, 7) is 2.20. The van der Waals surface area contributed by atoms with E-state index >= 15 is 0 Å². The number of rotatable bonds is 4. The molecule has 1 aliphatic rings. The summed E-state index contributed by atoms with van der Waals surface area (Å²) in [5, 5.41) is 3.45. The molecular formula is C18H17ClN2O3. The second-order valence-corrected chi connectivity index (χ2v) is 5.92. The van der Waals surface area contributed by atoms with E-state index in [-0.39, 0.29) is 18.4 Å². The van der Waals surface area contributed by atoms with Gasteiger partial charge in [-0.3, -0.25) is 9.59 Å². The maximum absolute atomic E-state index is 12.3. The summed E-state index contributed by atoms with van der Waals surface area (Å²) in [5.74, 6) is 0.414. The molecule has 0 radical (unpaired) electrons. The lowest BCUT2D eigenvalue weighted by Crippen LogP contribution is -2.38. The first-order valence-corrected chi connectivity index (χ1v) is 8.06. The van der Waals surface area contributed by atoms with Gasteiger partial charge >= 0.3 is 0 Å². The van der Waals surface area contributed by atoms with Gasteiger partial charge in [-0.25, -0.2) is 0 Å². The van der Waals surface area contributed by atoms with E-state index in [2.05, 4.69) is 5.32 Å². The van der Waals surface area contributed by atoms with E-state index in [1.807, 2.05) is 12.1 Å². The summed E-state index contributed by atoms with van der Waals surface area (Å²) in [6.07, 6.45) is 0.390. The zero-order valence-corrected chi connectivity index (χ0v) is 14.0. The van der Waals surface area contributed by atoms with Crippen LogP contribution in [0.2, 0.25) is 5.02 Å². The molecule has 0 unspecified atom stereocenters. The predicted molar refractivity (Wildman–Crippen MR) is 93.5 cm³/mol. The van der Waals surface area contributed by atoms with Crippen LogP contribution in [0, 0.1) is 0 Å². The lowest BCUT2D eigenvalue weighted by molar-refractivity contribution is -0.121. The second kappa shape index (κ2) is 6.93. The van der Waals surface area contributed by atoms with E-state index < -0.39 is 0 Å². The van der Waals surface area contributed by atoms with Gasteiger partial charge in [-0.1, -0.05) is 30.7 Å². The Morgan fingerprint density at radius 1 is 1.25 bits per heavy atom. The average molecular weight is 345 g/mol. The minimum absolute atomic E-state index is 0.00125. The molecular weight excluding hydrogens is 328 g/mol. The van der Waals surface area contributed by atoms with Crippen molar-refractivity contribution in [2.24, 2.45) is 0 Å². The highest BCUT2D eigenvalue weighted by molar-refractivity contribution is 6.30. The molecule has 0 atom stereocenters. The monoisotopic (exact) mass is 344 g/mol. The molecule has 1 heterocycles. The standard InChI is InChI=1S/C18H17ClN2O3/c1-2-17(22)20-14-7-8-16-15(9-14)21(18(23)11-24-16)10-12-3-5-13(19)6-4-12/h3-9H,2,10-11H2,1H3,(H,20,22). The number of carbonyl (C=O) groups excluding carboxylic acids is 2. The number of fused-ring (bicyclic) bond motifs is 1. The zero-order chi connectivity index (χ0) is 17.1. The van der Waals surface area contributed by atoms with Crippen LogP contribution in [-0.4, -0.2) is 18.4 Å². The SMILES string of the molecule is CCC(=O)Nc1ccc2c(c1)N(Cc1ccc(Cl)cc1)C(=O)CO2. The Kier molecular flexibility index (Phi) is 4.71. The molecule has 2 aromatic rings. The van der Waals surface area contributed by atoms with Gasteiger partial charge in [0.25, 0.3) is 5.91 Å². The smallest absolute Gasteiger partial charge is 0.265 e. The Balaban J connectivity index is 1.90. The van der Waals surface area contributed by atoms with Crippen molar-refractivity contribution in [3.8, 4) is 5.75 Å². The Morgan fingerprint density at radius 2 is 2.00 bits per heavy atom. The quantitative estimate of drug-likeness (QED) is 0.921. The third-order valence-corrected chi connectivity index (χ3v) is 4.01. The van der Waals surface area contributed by atoms with Crippen LogP contribution in [0.4, 0.5) is 11.4 Å². The Bertz CT molecular complexity index is 774. The highest BCUT2D eigenvalue weighted by Gasteiger charge is 2.26. The number of benzene rings is 2. The number of amides is 2. The van der Waals surface area contributed by atoms with Crippen LogP contribution in [-0.2, 0) is 16.1 Å². The van der Waals surface area contributed by atoms with Gasteiger partial charge in [0.15, 0.2) is 6.61 Å². The predicted octanol–water partition coefficient (Wildman–Crippen LogP) is 3.61. The number of carbonyl (C=O) groups is 2. The number of nitrogens with zero attached hydrogens (tertiary/aromatic N) is 1. The summed E-state index contributed by atoms with van der Waals surface area (Å²) < 4.78 is 5.48. The van der Waals surface area contributed by atoms with Gasteiger partial charge in [0, 0.05) is 17.1 Å². The highest BCUT2D eigenvalue weighted by Crippen LogP contribution is 2.35. The molecule has 1 aliphatic heterocycles. The molecule has 2 aromatic carbocycles. The van der Waals surface area contributed by atoms with E-state index in [0.29, 0.717) is 35.1 Å². The van der Waals surface area contributed by atoms with Gasteiger partial charge in [-0.15, -0.1) is 0 Å². The van der Waals surface area contributed by atoms with E-state index in [1.54, 1.807) is 42.2 Å². The van der Waals surface area contributed by atoms with Crippen LogP contribution in [0.5, 0.6) is 5.75 Å². The van der Waals surface area contributed by atoms with Gasteiger partial charge < -0.3 is 15.0 Å². The van der Waals surface area contributed by atoms with Crippen molar-refractivity contribution in [1.82, 2.24) is 0 Å². The molecule has 0 spiro atoms. The number of nitrogens with one attached hydrogen (secondary N) is 1. The van der Waals surface area contributed by atoms with Crippen LogP contribution in [0.25, 0.3) is 0 Å². The number of halogens is 1. The van der Waals surface area contributed by atoms with Crippen LogP contribution >= 0.6 is 11.6 Å². The maximum atomic E-state index is 12.3. The largest absolute Gasteiger partial charge is 0.482 e. The normalized spacial score (nSPS) is 13.2. The molecule has 2 amide bonds. The summed E-state index contributed by atoms with van der Waals surface area (Å²) in [7, 11) is 0. The van der Waals surface area contributed by atoms with Crippen LogP contribution < -0.4 is 15.0 Å². The van der Waals surface area contributed by atoms with E-state index in [1.165, 1.54) is 0 Å². The number of hydrogen-bond donors (Lipinski definition) is 1. The van der Waals surface area contributed by atoms with Crippen LogP contribution in [0.1, 0.15) is 18.9 Å². The molecule has 0 aromatic heterocycles. The molecule has 0 fully saturated rings. The average Bonchev–Trinajstić information content (AvgIpc) is 2.59. The molecule has 1 N–H and O–H groups in total. The Morgan fingerprint density at radius 3 is 2.71 bits per heavy atom. The number of anilines is 2. The van der Waals surface area contributed by atoms with Crippen LogP contribution in [0.15, 0.2) is 42.5 Å². The van der Waals surface area contributed by atoms with Crippen molar-refractivity contribution in [3.05, 3.63) is 53.1 Å². The van der Waals surface area contributed by atoms with Crippen molar-refractivity contribution in [3.63, 3.8) is 0 Å². The van der Waals surface area contributed by atoms with Crippen molar-refractivity contribution < 1.29 is 14.3 Å². The molecule has 5 nitrogen and oxygen atoms in total. The van der Waals surface area contributed by atoms with E-state index in [9.17, 15) is 9.59 Å². The van der Waals surface area contributed by atoms with Crippen molar-refractivity contribution in [1.29, 1.82) is 0 Å². The molecule has 6 heteroatoms. The number of hydrogen-bond acceptors (Lipinski definition) is 3. The van der Waals surface area contributed by atoms with Gasteiger partial charge in [0.1, 0.15) is 5.75 Å². The topological polar surface area (TPSA) is 58.6 Å². The van der Waals surface area contributed by atoms with E-state index in [0.717, 1.165) is 5.56 Å². The summed E-state index contributed by atoms with van der Waals surface area (Å²) in [5.41, 5.74) is 2.25. The molecule has 124 valence electrons. The molecule has 0 saturated heterocycles. The fourth-order valence-electron chi connectivity index (χ4n) is 2.47. The Labute approximate surface area is 145 Å². The van der Waals surface area contributed by atoms with Gasteiger partial charge in [0.05, 0.1) is 12.2 Å². The lowest BCUT2D eigenvalue weighted by atomic mass is 10.1. The summed E-state index contributed by atoms with van der Waals surface area (Å²) in [4.78, 5) is 25.5. The van der Waals surface area contributed by atoms with Gasteiger partial charge in [-0.2, -0.15) is 0 Å². The second-order valence-electron chi connectivity index (χ2n) is 5.48. The molecule has 3 rings (SSSR count). The first-order valence-electron chi connectivity index (χ1n) is 7.68. The maximum Gasteiger partial charge on any atom is 0.265 e. The first-order chi connectivity index (χ1) is 11.6. The Hall–Kier alpha value is -2.53. The van der Waals surface area contributed by atoms with Gasteiger partial charge in [0.2, 0.25) is 5.91 Å². The highest BCUT2D eigenvalue weighted by atomic mass is 35.5. The minimum Gasteiger partial charge on any atom is -0.482 e. The van der Waals surface area contributed by atoms with E-state index in [4.69, 9.17) is 16.3 Å². The lowest BCUT2D eigenvalue weighted by Gasteiger charge is -2.30. The summed E-state index contributed by atoms with van der Waals surface area (Å²) >= 11 is 5.91. The zero-order valence-electron chi connectivity index (χ0n) is 13.2. The van der Waals surface area contributed by atoms with Crippen molar-refractivity contribution >= 4 is 34.8 Å². The molecule has 0 saturated carbocycles. The molecule has 24 heavy (non-hydrogen) atoms. The molecule has 0 bridgehead atoms. The fraction of sp³-hybridized carbons (Fsp3) is 0.222. The third kappa shape index (κ3) is 3.51. The molecule has 0 aliphatic carbocycles. The summed E-state index contributed by atoms with van der Waals surface area (Å²) in [6, 6.07) is 12.6. The van der Waals surface area contributed by atoms with Crippen LogP contribution in [0.3, 0.4) is 0 Å². The van der Waals surface area contributed by atoms with Crippen molar-refractivity contribution in [2.45, 2.75) is 19.9 Å². The van der Waals surface area contributed by atoms with Crippen molar-refractivity contribution in [2.75, 3.05) is 16.8 Å². The fourth-order valence-corrected chi connectivity index (χ4v) is 2.60. The first kappa shape index (κ1) is 16.3. The van der Waals surface area contributed by atoms with Gasteiger partial charge in [-0.05, 0) is 35.9 Å². The number of ether oxygens (including phenoxy) is 1. The third-order valence-electron chi connectivity index (χ3n) is 3.76.